The number of rotatable bonds is 6. The van der Waals surface area contributed by atoms with Crippen LogP contribution in [0, 0.1) is 0 Å². The number of thiazole rings is 1. The lowest BCUT2D eigenvalue weighted by Crippen LogP contribution is -2.39. The van der Waals surface area contributed by atoms with Crippen LogP contribution in [0.15, 0.2) is 56.8 Å². The highest BCUT2D eigenvalue weighted by Gasteiger charge is 2.34. The van der Waals surface area contributed by atoms with Gasteiger partial charge in [0.1, 0.15) is 12.6 Å². The normalized spacial score (nSPS) is 16.1. The van der Waals surface area contributed by atoms with Crippen molar-refractivity contribution in [2.24, 2.45) is 4.99 Å². The zero-order chi connectivity index (χ0) is 22.8. The number of thiophene rings is 1. The summed E-state index contributed by atoms with van der Waals surface area (Å²) in [6.07, 6.45) is 1.74. The van der Waals surface area contributed by atoms with Crippen LogP contribution in [0.5, 0.6) is 0 Å². The number of methoxy groups -OCH3 is 1. The first-order valence-corrected chi connectivity index (χ1v) is 12.0. The third-order valence-electron chi connectivity index (χ3n) is 4.82. The van der Waals surface area contributed by atoms with Crippen LogP contribution >= 0.6 is 45.9 Å². The average Bonchev–Trinajstić information content (AvgIpc) is 3.39. The van der Waals surface area contributed by atoms with Gasteiger partial charge in [0.2, 0.25) is 0 Å². The maximum atomic E-state index is 13.4. The van der Waals surface area contributed by atoms with Crippen molar-refractivity contribution in [1.29, 1.82) is 0 Å². The summed E-state index contributed by atoms with van der Waals surface area (Å²) in [5, 5.41) is 2.75. The van der Waals surface area contributed by atoms with Crippen LogP contribution in [0.2, 0.25) is 10.0 Å². The van der Waals surface area contributed by atoms with E-state index in [0.717, 1.165) is 10.4 Å². The predicted molar refractivity (Wildman–Crippen MR) is 127 cm³/mol. The summed E-state index contributed by atoms with van der Waals surface area (Å²) in [6.45, 7) is 2.15. The maximum Gasteiger partial charge on any atom is 0.338 e. The van der Waals surface area contributed by atoms with Gasteiger partial charge in [0.05, 0.1) is 32.5 Å². The molecule has 32 heavy (non-hydrogen) atoms. The lowest BCUT2D eigenvalue weighted by molar-refractivity contribution is -0.140. The molecule has 1 atom stereocenters. The van der Waals surface area contributed by atoms with E-state index in [4.69, 9.17) is 32.7 Å². The summed E-state index contributed by atoms with van der Waals surface area (Å²) in [6, 6.07) is 8.33. The lowest BCUT2D eigenvalue weighted by Gasteiger charge is -2.23. The molecule has 10 heteroatoms. The Kier molecular flexibility index (Phi) is 6.97. The molecule has 1 aromatic carbocycles. The number of hydrogen-bond acceptors (Lipinski definition) is 7. The summed E-state index contributed by atoms with van der Waals surface area (Å²) in [7, 11) is 1.53. The third kappa shape index (κ3) is 4.46. The Morgan fingerprint density at radius 1 is 1.25 bits per heavy atom. The molecule has 4 rings (SSSR count). The van der Waals surface area contributed by atoms with E-state index in [1.165, 1.54) is 29.8 Å². The van der Waals surface area contributed by atoms with Crippen LogP contribution in [-0.2, 0) is 14.3 Å². The average molecular weight is 509 g/mol. The van der Waals surface area contributed by atoms with Gasteiger partial charge < -0.3 is 9.47 Å². The first kappa shape index (κ1) is 22.9. The lowest BCUT2D eigenvalue weighted by atomic mass is 10.0. The van der Waals surface area contributed by atoms with Gasteiger partial charge in [-0.25, -0.2) is 9.79 Å². The third-order valence-corrected chi connectivity index (χ3v) is 7.46. The molecule has 0 fully saturated rings. The van der Waals surface area contributed by atoms with E-state index in [-0.39, 0.29) is 18.8 Å². The van der Waals surface area contributed by atoms with Crippen molar-refractivity contribution in [2.75, 3.05) is 20.3 Å². The second kappa shape index (κ2) is 9.72. The molecule has 0 N–H and O–H groups in total. The van der Waals surface area contributed by atoms with E-state index in [1.807, 2.05) is 17.5 Å². The van der Waals surface area contributed by atoms with Gasteiger partial charge in [-0.3, -0.25) is 9.36 Å². The molecular weight excluding hydrogens is 491 g/mol. The second-order valence-corrected chi connectivity index (χ2v) is 9.70. The molecule has 0 radical (unpaired) electrons. The van der Waals surface area contributed by atoms with Crippen molar-refractivity contribution in [3.05, 3.63) is 87.2 Å². The van der Waals surface area contributed by atoms with Crippen molar-refractivity contribution < 1.29 is 14.3 Å². The van der Waals surface area contributed by atoms with E-state index < -0.39 is 12.0 Å². The highest BCUT2D eigenvalue weighted by Crippen LogP contribution is 2.33. The number of hydrogen-bond donors (Lipinski definition) is 0. The Balaban J connectivity index is 1.85. The molecule has 166 valence electrons. The quantitative estimate of drug-likeness (QED) is 0.375. The zero-order valence-electron chi connectivity index (χ0n) is 17.1. The first-order chi connectivity index (χ1) is 15.4. The van der Waals surface area contributed by atoms with E-state index in [0.29, 0.717) is 30.6 Å². The van der Waals surface area contributed by atoms with E-state index in [9.17, 15) is 9.59 Å². The fourth-order valence-electron chi connectivity index (χ4n) is 3.35. The minimum atomic E-state index is -0.614. The zero-order valence-corrected chi connectivity index (χ0v) is 20.3. The molecule has 2 aromatic heterocycles. The Morgan fingerprint density at radius 2 is 2.06 bits per heavy atom. The summed E-state index contributed by atoms with van der Waals surface area (Å²) in [4.78, 5) is 32.3. The molecule has 0 spiro atoms. The van der Waals surface area contributed by atoms with Crippen molar-refractivity contribution in [1.82, 2.24) is 4.57 Å². The van der Waals surface area contributed by atoms with Crippen LogP contribution in [0.3, 0.4) is 0 Å². The number of ether oxygens (including phenoxy) is 2. The highest BCUT2D eigenvalue weighted by atomic mass is 35.5. The Labute approximate surface area is 201 Å². The summed E-state index contributed by atoms with van der Waals surface area (Å²) < 4.78 is 12.4. The largest absolute Gasteiger partial charge is 0.460 e. The molecule has 0 saturated carbocycles. The van der Waals surface area contributed by atoms with Crippen LogP contribution in [0.25, 0.3) is 6.08 Å². The van der Waals surface area contributed by atoms with Gasteiger partial charge >= 0.3 is 5.97 Å². The minimum Gasteiger partial charge on any atom is -0.460 e. The van der Waals surface area contributed by atoms with Gasteiger partial charge in [0.15, 0.2) is 4.80 Å². The van der Waals surface area contributed by atoms with Crippen molar-refractivity contribution in [3.8, 4) is 0 Å². The van der Waals surface area contributed by atoms with E-state index >= 15 is 0 Å². The first-order valence-electron chi connectivity index (χ1n) is 9.57. The summed E-state index contributed by atoms with van der Waals surface area (Å²) in [5.41, 5.74) is 1.37. The van der Waals surface area contributed by atoms with Crippen LogP contribution < -0.4 is 14.9 Å². The minimum absolute atomic E-state index is 0.116. The Hall–Kier alpha value is -2.23. The van der Waals surface area contributed by atoms with Gasteiger partial charge in [-0.2, -0.15) is 0 Å². The van der Waals surface area contributed by atoms with Crippen molar-refractivity contribution >= 4 is 57.9 Å². The Morgan fingerprint density at radius 3 is 2.75 bits per heavy atom. The molecule has 1 aliphatic rings. The number of aromatic nitrogens is 1. The van der Waals surface area contributed by atoms with Gasteiger partial charge in [-0.1, -0.05) is 46.7 Å². The smallest absolute Gasteiger partial charge is 0.338 e. The number of halogens is 2. The predicted octanol–water partition coefficient (Wildman–Crippen LogP) is 3.79. The monoisotopic (exact) mass is 508 g/mol. The molecule has 1 aliphatic heterocycles. The fraction of sp³-hybridized carbons (Fsp3) is 0.227. The van der Waals surface area contributed by atoms with Crippen molar-refractivity contribution in [2.45, 2.75) is 13.0 Å². The maximum absolute atomic E-state index is 13.4. The molecule has 3 aromatic rings. The fourth-order valence-corrected chi connectivity index (χ4v) is 5.52. The molecule has 0 aliphatic carbocycles. The summed E-state index contributed by atoms with van der Waals surface area (Å²) >= 11 is 14.8. The number of nitrogens with zero attached hydrogens (tertiary/aromatic N) is 2. The number of carbonyl (C=O) groups is 1. The number of esters is 1. The molecule has 0 saturated heterocycles. The number of carbonyl (C=O) groups excluding carboxylic acids is 1. The van der Waals surface area contributed by atoms with Crippen LogP contribution in [-0.4, -0.2) is 30.9 Å². The molecular formula is C22H18Cl2N2O4S2. The number of fused-ring (bicyclic) bond motifs is 1. The van der Waals surface area contributed by atoms with Crippen LogP contribution in [0.4, 0.5) is 0 Å². The van der Waals surface area contributed by atoms with Gasteiger partial charge in [-0.15, -0.1) is 11.3 Å². The highest BCUT2D eigenvalue weighted by molar-refractivity contribution is 7.10. The Bertz CT molecular complexity index is 1370. The second-order valence-electron chi connectivity index (χ2n) is 6.90. The van der Waals surface area contributed by atoms with Gasteiger partial charge in [-0.05, 0) is 42.1 Å². The SMILES string of the molecule is COCCOC(=O)C1=C(C)N=c2s/c(=C/c3ccc(Cl)c(Cl)c3)c(=O)n2[C@@H]1c1cccs1. The summed E-state index contributed by atoms with van der Waals surface area (Å²) in [5.74, 6) is -0.513. The van der Waals surface area contributed by atoms with E-state index in [1.54, 1.807) is 35.8 Å². The number of allylic oxidation sites excluding steroid dienone is 1. The molecule has 0 unspecified atom stereocenters. The molecule has 0 bridgehead atoms. The van der Waals surface area contributed by atoms with E-state index in [2.05, 4.69) is 4.99 Å². The molecule has 6 nitrogen and oxygen atoms in total. The van der Waals surface area contributed by atoms with Crippen LogP contribution in [0.1, 0.15) is 23.4 Å². The van der Waals surface area contributed by atoms with Gasteiger partial charge in [0, 0.05) is 12.0 Å². The van der Waals surface area contributed by atoms with Crippen molar-refractivity contribution in [3.63, 3.8) is 0 Å². The molecule has 3 heterocycles. The topological polar surface area (TPSA) is 69.9 Å². The molecule has 0 amide bonds. The number of benzene rings is 1. The standard InChI is InChI=1S/C22H18Cl2N2O4S2/c1-12-18(21(28)30-8-7-29-2)19(16-4-3-9-31-16)26-20(27)17(32-22(26)25-12)11-13-5-6-14(23)15(24)10-13/h3-6,9-11,19H,7-8H2,1-2H3/b17-11+/t19-/m1/s1. The van der Waals surface area contributed by atoms with Gasteiger partial charge in [0.25, 0.3) is 5.56 Å².